The number of carbonyl (C=O) groups excluding carboxylic acids is 1. The molecular formula is C21H24F2N2O2. The van der Waals surface area contributed by atoms with Crippen LogP contribution in [0.1, 0.15) is 36.2 Å². The van der Waals surface area contributed by atoms with Gasteiger partial charge in [0.1, 0.15) is 5.82 Å². The van der Waals surface area contributed by atoms with Crippen molar-refractivity contribution in [2.24, 2.45) is 0 Å². The Labute approximate surface area is 157 Å². The third-order valence-corrected chi connectivity index (χ3v) is 5.07. The monoisotopic (exact) mass is 374 g/mol. The average Bonchev–Trinajstić information content (AvgIpc) is 2.97. The number of piperidine rings is 1. The molecule has 1 fully saturated rings. The van der Waals surface area contributed by atoms with Gasteiger partial charge in [0.2, 0.25) is 0 Å². The number of rotatable bonds is 5. The predicted octanol–water partition coefficient (Wildman–Crippen LogP) is 4.53. The fraction of sp³-hybridized carbons (Fsp3) is 0.381. The summed E-state index contributed by atoms with van der Waals surface area (Å²) in [6.45, 7) is 6.36. The predicted molar refractivity (Wildman–Crippen MR) is 101 cm³/mol. The molecule has 0 saturated carbocycles. The third kappa shape index (κ3) is 4.45. The highest BCUT2D eigenvalue weighted by atomic mass is 19.3. The van der Waals surface area contributed by atoms with Crippen molar-refractivity contribution in [2.75, 3.05) is 19.6 Å². The normalized spacial score (nSPS) is 15.8. The molecule has 1 aliphatic rings. The SMILES string of the molecule is Cc1cc(/C(=C/C(=O)OF)CN2CCCCC2)c(C)n1-c1ccc(F)cc1. The quantitative estimate of drug-likeness (QED) is 0.721. The number of carbonyl (C=O) groups is 1. The highest BCUT2D eigenvalue weighted by molar-refractivity contribution is 5.92. The van der Waals surface area contributed by atoms with Crippen molar-refractivity contribution in [3.8, 4) is 5.69 Å². The molecule has 0 spiro atoms. The Morgan fingerprint density at radius 3 is 2.44 bits per heavy atom. The Kier molecular flexibility index (Phi) is 6.06. The highest BCUT2D eigenvalue weighted by Crippen LogP contribution is 2.28. The molecule has 0 N–H and O–H groups in total. The summed E-state index contributed by atoms with van der Waals surface area (Å²) in [5, 5.41) is 0. The first-order chi connectivity index (χ1) is 13.0. The highest BCUT2D eigenvalue weighted by Gasteiger charge is 2.19. The Bertz CT molecular complexity index is 835. The summed E-state index contributed by atoms with van der Waals surface area (Å²) in [7, 11) is 0. The summed E-state index contributed by atoms with van der Waals surface area (Å²) in [6, 6.07) is 8.23. The van der Waals surface area contributed by atoms with E-state index in [9.17, 15) is 13.7 Å². The van der Waals surface area contributed by atoms with Gasteiger partial charge in [-0.1, -0.05) is 6.42 Å². The molecule has 1 aliphatic heterocycles. The van der Waals surface area contributed by atoms with E-state index in [-0.39, 0.29) is 5.82 Å². The average molecular weight is 374 g/mol. The molecule has 0 unspecified atom stereocenters. The number of nitrogens with zero attached hydrogens (tertiary/aromatic N) is 2. The Morgan fingerprint density at radius 2 is 1.81 bits per heavy atom. The van der Waals surface area contributed by atoms with Crippen LogP contribution >= 0.6 is 0 Å². The van der Waals surface area contributed by atoms with E-state index in [0.717, 1.165) is 54.1 Å². The van der Waals surface area contributed by atoms with Crippen LogP contribution in [0.15, 0.2) is 36.4 Å². The van der Waals surface area contributed by atoms with Gasteiger partial charge >= 0.3 is 5.97 Å². The fourth-order valence-corrected chi connectivity index (χ4v) is 3.81. The second kappa shape index (κ2) is 8.48. The topological polar surface area (TPSA) is 34.5 Å². The molecule has 2 heterocycles. The zero-order valence-electron chi connectivity index (χ0n) is 15.7. The summed E-state index contributed by atoms with van der Waals surface area (Å²) in [6.07, 6.45) is 4.68. The van der Waals surface area contributed by atoms with Gasteiger partial charge in [0.25, 0.3) is 0 Å². The van der Waals surface area contributed by atoms with Crippen molar-refractivity contribution in [3.05, 3.63) is 59.2 Å². The summed E-state index contributed by atoms with van der Waals surface area (Å²) in [4.78, 5) is 17.3. The molecule has 144 valence electrons. The molecule has 6 heteroatoms. The van der Waals surface area contributed by atoms with E-state index >= 15 is 0 Å². The zero-order chi connectivity index (χ0) is 19.4. The van der Waals surface area contributed by atoms with Gasteiger partial charge in [-0.3, -0.25) is 9.84 Å². The van der Waals surface area contributed by atoms with Crippen molar-refractivity contribution < 1.29 is 18.7 Å². The Balaban J connectivity index is 1.99. The number of aryl methyl sites for hydroxylation is 1. The molecule has 0 bridgehead atoms. The molecule has 2 aromatic rings. The van der Waals surface area contributed by atoms with Crippen LogP contribution in [0.5, 0.6) is 0 Å². The van der Waals surface area contributed by atoms with Crippen LogP contribution in [0.2, 0.25) is 0 Å². The van der Waals surface area contributed by atoms with Crippen molar-refractivity contribution in [1.82, 2.24) is 9.47 Å². The molecule has 1 aromatic carbocycles. The largest absolute Gasteiger partial charge is 0.372 e. The van der Waals surface area contributed by atoms with Gasteiger partial charge < -0.3 is 4.57 Å². The molecule has 4 nitrogen and oxygen atoms in total. The van der Waals surface area contributed by atoms with Crippen LogP contribution in [0.3, 0.4) is 0 Å². The van der Waals surface area contributed by atoms with Crippen molar-refractivity contribution >= 4 is 11.5 Å². The van der Waals surface area contributed by atoms with Gasteiger partial charge in [0.05, 0.1) is 0 Å². The van der Waals surface area contributed by atoms with Crippen LogP contribution < -0.4 is 0 Å². The van der Waals surface area contributed by atoms with Gasteiger partial charge in [0.15, 0.2) is 0 Å². The van der Waals surface area contributed by atoms with E-state index in [2.05, 4.69) is 9.84 Å². The van der Waals surface area contributed by atoms with Gasteiger partial charge in [0, 0.05) is 39.8 Å². The molecule has 27 heavy (non-hydrogen) atoms. The Hall–Kier alpha value is -2.47. The maximum Gasteiger partial charge on any atom is 0.372 e. The van der Waals surface area contributed by atoms with E-state index in [0.29, 0.717) is 6.54 Å². The van der Waals surface area contributed by atoms with E-state index in [1.165, 1.54) is 24.6 Å². The van der Waals surface area contributed by atoms with Crippen LogP contribution in [0, 0.1) is 19.7 Å². The lowest BCUT2D eigenvalue weighted by Crippen LogP contribution is -2.31. The third-order valence-electron chi connectivity index (χ3n) is 5.07. The standard InChI is InChI=1S/C21H24F2N2O2/c1-15-12-20(16(2)25(15)19-8-6-18(22)7-9-19)17(13-21(26)27-23)14-24-10-4-3-5-11-24/h6-9,12-13H,3-5,10-11,14H2,1-2H3/b17-13+. The lowest BCUT2D eigenvalue weighted by molar-refractivity contribution is -0.176. The van der Waals surface area contributed by atoms with Crippen molar-refractivity contribution in [3.63, 3.8) is 0 Å². The molecule has 3 rings (SSSR count). The summed E-state index contributed by atoms with van der Waals surface area (Å²) < 4.78 is 27.6. The van der Waals surface area contributed by atoms with Gasteiger partial charge in [-0.05, 0) is 75.7 Å². The molecule has 1 saturated heterocycles. The minimum Gasteiger partial charge on any atom is -0.318 e. The number of hydrogen-bond donors (Lipinski definition) is 0. The molecule has 0 radical (unpaired) electrons. The second-order valence-corrected chi connectivity index (χ2v) is 7.00. The minimum atomic E-state index is -1.01. The van der Waals surface area contributed by atoms with Crippen LogP contribution in [0.25, 0.3) is 11.3 Å². The first-order valence-electron chi connectivity index (χ1n) is 9.20. The molecular weight excluding hydrogens is 350 g/mol. The number of halogens is 2. The lowest BCUT2D eigenvalue weighted by atomic mass is 10.0. The molecule has 0 atom stereocenters. The maximum atomic E-state index is 13.3. The van der Waals surface area contributed by atoms with Crippen LogP contribution in [0.4, 0.5) is 8.92 Å². The molecule has 0 aliphatic carbocycles. The smallest absolute Gasteiger partial charge is 0.318 e. The van der Waals surface area contributed by atoms with Crippen LogP contribution in [-0.2, 0) is 9.74 Å². The van der Waals surface area contributed by atoms with Crippen molar-refractivity contribution in [2.45, 2.75) is 33.1 Å². The lowest BCUT2D eigenvalue weighted by Gasteiger charge is -2.27. The van der Waals surface area contributed by atoms with Gasteiger partial charge in [-0.2, -0.15) is 0 Å². The zero-order valence-corrected chi connectivity index (χ0v) is 15.7. The second-order valence-electron chi connectivity index (χ2n) is 7.00. The first kappa shape index (κ1) is 19.3. The Morgan fingerprint density at radius 1 is 1.15 bits per heavy atom. The summed E-state index contributed by atoms with van der Waals surface area (Å²) in [5.41, 5.74) is 4.29. The van der Waals surface area contributed by atoms with E-state index in [4.69, 9.17) is 0 Å². The van der Waals surface area contributed by atoms with Gasteiger partial charge in [-0.15, -0.1) is 0 Å². The van der Waals surface area contributed by atoms with E-state index < -0.39 is 5.97 Å². The fourth-order valence-electron chi connectivity index (χ4n) is 3.81. The first-order valence-corrected chi connectivity index (χ1v) is 9.20. The number of aromatic nitrogens is 1. The maximum absolute atomic E-state index is 13.3. The van der Waals surface area contributed by atoms with Crippen molar-refractivity contribution in [1.29, 1.82) is 0 Å². The molecule has 0 amide bonds. The number of benzene rings is 1. The molecule has 1 aromatic heterocycles. The minimum absolute atomic E-state index is 0.294. The van der Waals surface area contributed by atoms with Crippen LogP contribution in [-0.4, -0.2) is 35.1 Å². The summed E-state index contributed by atoms with van der Waals surface area (Å²) in [5.74, 6) is -1.30. The van der Waals surface area contributed by atoms with E-state index in [1.807, 2.05) is 24.5 Å². The number of likely N-dealkylation sites (tertiary alicyclic amines) is 1. The van der Waals surface area contributed by atoms with Gasteiger partial charge in [-0.25, -0.2) is 9.18 Å². The number of hydrogen-bond acceptors (Lipinski definition) is 3. The summed E-state index contributed by atoms with van der Waals surface area (Å²) >= 11 is 0. The van der Waals surface area contributed by atoms with E-state index in [1.54, 1.807) is 12.1 Å².